The van der Waals surface area contributed by atoms with Crippen LogP contribution in [0.4, 0.5) is 4.39 Å². The average molecular weight is 360 g/mol. The third-order valence-electron chi connectivity index (χ3n) is 3.77. The second-order valence-corrected chi connectivity index (χ2v) is 7.08. The van der Waals surface area contributed by atoms with Crippen LogP contribution >= 0.6 is 23.4 Å². The van der Waals surface area contributed by atoms with E-state index in [4.69, 9.17) is 11.6 Å². The summed E-state index contributed by atoms with van der Waals surface area (Å²) in [7, 11) is 1.37. The minimum absolute atomic E-state index is 0.0570. The zero-order chi connectivity index (χ0) is 16.8. The maximum atomic E-state index is 13.4. The molecule has 1 aliphatic heterocycles. The molecule has 0 spiro atoms. The van der Waals surface area contributed by atoms with Gasteiger partial charge in [-0.25, -0.2) is 4.39 Å². The molecule has 1 aromatic carbocycles. The Kier molecular flexibility index (Phi) is 6.72. The van der Waals surface area contributed by atoms with Crippen LogP contribution in [-0.4, -0.2) is 48.0 Å². The number of benzene rings is 1. The Morgan fingerprint density at radius 2 is 2.26 bits per heavy atom. The highest BCUT2D eigenvalue weighted by Gasteiger charge is 2.26. The molecular weight excluding hydrogens is 341 g/mol. The number of hydrogen-bond donors (Lipinski definition) is 0. The van der Waals surface area contributed by atoms with Gasteiger partial charge in [0.05, 0.1) is 17.9 Å². The molecule has 0 bridgehead atoms. The van der Waals surface area contributed by atoms with Gasteiger partial charge in [0.25, 0.3) is 0 Å². The Balaban J connectivity index is 1.76. The Morgan fingerprint density at radius 3 is 2.96 bits per heavy atom. The minimum Gasteiger partial charge on any atom is -0.468 e. The molecule has 4 nitrogen and oxygen atoms in total. The van der Waals surface area contributed by atoms with E-state index in [1.54, 1.807) is 11.0 Å². The lowest BCUT2D eigenvalue weighted by atomic mass is 10.1. The number of ether oxygens (including phenoxy) is 1. The first kappa shape index (κ1) is 18.1. The van der Waals surface area contributed by atoms with E-state index in [0.717, 1.165) is 12.0 Å². The second-order valence-electron chi connectivity index (χ2n) is 5.39. The zero-order valence-electron chi connectivity index (χ0n) is 12.9. The molecule has 0 N–H and O–H groups in total. The summed E-state index contributed by atoms with van der Waals surface area (Å²) in [4.78, 5) is 25.2. The molecule has 7 heteroatoms. The zero-order valence-corrected chi connectivity index (χ0v) is 14.5. The van der Waals surface area contributed by atoms with E-state index in [0.29, 0.717) is 31.7 Å². The first-order valence-electron chi connectivity index (χ1n) is 7.39. The molecule has 0 unspecified atom stereocenters. The minimum atomic E-state index is -0.461. The predicted octanol–water partition coefficient (Wildman–Crippen LogP) is 2.92. The molecule has 0 aliphatic carbocycles. The first-order valence-corrected chi connectivity index (χ1v) is 8.82. The Labute approximate surface area is 144 Å². The van der Waals surface area contributed by atoms with Crippen molar-refractivity contribution in [2.75, 3.05) is 26.0 Å². The van der Waals surface area contributed by atoms with Crippen molar-refractivity contribution >= 4 is 35.2 Å². The number of rotatable bonds is 6. The van der Waals surface area contributed by atoms with E-state index in [1.807, 2.05) is 0 Å². The van der Waals surface area contributed by atoms with Crippen LogP contribution < -0.4 is 0 Å². The number of amides is 1. The molecule has 1 fully saturated rings. The summed E-state index contributed by atoms with van der Waals surface area (Å²) in [5.41, 5.74) is 0.760. The number of methoxy groups -OCH3 is 1. The maximum absolute atomic E-state index is 13.4. The Morgan fingerprint density at radius 1 is 1.48 bits per heavy atom. The molecule has 126 valence electrons. The monoisotopic (exact) mass is 359 g/mol. The molecule has 1 atom stereocenters. The van der Waals surface area contributed by atoms with Crippen LogP contribution in [0.2, 0.25) is 5.02 Å². The molecule has 1 aromatic rings. The number of carbonyl (C=O) groups excluding carboxylic acids is 2. The molecule has 23 heavy (non-hydrogen) atoms. The van der Waals surface area contributed by atoms with Gasteiger partial charge in [0.2, 0.25) is 5.91 Å². The number of esters is 1. The highest BCUT2D eigenvalue weighted by atomic mass is 35.5. The summed E-state index contributed by atoms with van der Waals surface area (Å²) in [5, 5.41) is 0.358. The van der Waals surface area contributed by atoms with Crippen LogP contribution in [0.3, 0.4) is 0 Å². The molecule has 1 saturated heterocycles. The highest BCUT2D eigenvalue weighted by molar-refractivity contribution is 8.00. The summed E-state index contributed by atoms with van der Waals surface area (Å²) in [6, 6.07) is 4.61. The summed E-state index contributed by atoms with van der Waals surface area (Å²) in [6.07, 6.45) is 1.71. The van der Waals surface area contributed by atoms with Gasteiger partial charge in [-0.1, -0.05) is 17.7 Å². The molecule has 0 aromatic heterocycles. The van der Waals surface area contributed by atoms with Crippen molar-refractivity contribution in [2.24, 2.45) is 0 Å². The Bertz CT molecular complexity index is 584. The smallest absolute Gasteiger partial charge is 0.315 e. The van der Waals surface area contributed by atoms with Crippen molar-refractivity contribution < 1.29 is 18.7 Å². The third-order valence-corrected chi connectivity index (χ3v) is 5.34. The number of hydrogen-bond acceptors (Lipinski definition) is 4. The van der Waals surface area contributed by atoms with Crippen LogP contribution in [0.1, 0.15) is 18.4 Å². The van der Waals surface area contributed by atoms with E-state index in [-0.39, 0.29) is 22.1 Å². The van der Waals surface area contributed by atoms with Gasteiger partial charge in [0.1, 0.15) is 5.82 Å². The average Bonchev–Trinajstić information content (AvgIpc) is 3.02. The number of nitrogens with zero attached hydrogens (tertiary/aromatic N) is 1. The van der Waals surface area contributed by atoms with Crippen LogP contribution in [-0.2, 0) is 20.7 Å². The van der Waals surface area contributed by atoms with Crippen molar-refractivity contribution in [2.45, 2.75) is 24.5 Å². The Hall–Kier alpha value is -1.27. The number of likely N-dealkylation sites (tertiary alicyclic amines) is 1. The largest absolute Gasteiger partial charge is 0.468 e. The molecule has 2 rings (SSSR count). The van der Waals surface area contributed by atoms with Crippen molar-refractivity contribution in [1.82, 2.24) is 4.90 Å². The summed E-state index contributed by atoms with van der Waals surface area (Å²) in [6.45, 7) is 1.35. The third kappa shape index (κ3) is 5.39. The summed E-state index contributed by atoms with van der Waals surface area (Å²) < 4.78 is 18.0. The van der Waals surface area contributed by atoms with Crippen molar-refractivity contribution in [1.29, 1.82) is 0 Å². The lowest BCUT2D eigenvalue weighted by Crippen LogP contribution is -2.29. The normalized spacial score (nSPS) is 17.3. The van der Waals surface area contributed by atoms with Gasteiger partial charge in [-0.15, -0.1) is 11.8 Å². The van der Waals surface area contributed by atoms with Crippen LogP contribution in [0.5, 0.6) is 0 Å². The fourth-order valence-corrected chi connectivity index (χ4v) is 3.60. The molecule has 1 aliphatic rings. The predicted molar refractivity (Wildman–Crippen MR) is 89.2 cm³/mol. The van der Waals surface area contributed by atoms with Gasteiger partial charge in [0.15, 0.2) is 0 Å². The quantitative estimate of drug-likeness (QED) is 0.733. The van der Waals surface area contributed by atoms with Gasteiger partial charge < -0.3 is 9.64 Å². The van der Waals surface area contributed by atoms with E-state index in [2.05, 4.69) is 4.74 Å². The fourth-order valence-electron chi connectivity index (χ4n) is 2.44. The molecule has 1 amide bonds. The fraction of sp³-hybridized carbons (Fsp3) is 0.500. The van der Waals surface area contributed by atoms with Crippen molar-refractivity contribution in [3.05, 3.63) is 34.6 Å². The van der Waals surface area contributed by atoms with Gasteiger partial charge >= 0.3 is 5.97 Å². The maximum Gasteiger partial charge on any atom is 0.315 e. The first-order chi connectivity index (χ1) is 11.0. The summed E-state index contributed by atoms with van der Waals surface area (Å²) in [5.74, 6) is -0.337. The molecular formula is C16H19ClFNO3S. The van der Waals surface area contributed by atoms with Gasteiger partial charge in [-0.2, -0.15) is 0 Å². The van der Waals surface area contributed by atoms with E-state index in [9.17, 15) is 14.0 Å². The standard InChI is InChI=1S/C16H19ClFNO3S/c1-22-16(21)10-23-12-6-7-19(9-12)15(20)5-3-11-2-4-13(17)14(18)8-11/h2,4,8,12H,3,5-7,9-10H2,1H3/t12-/m0/s1. The van der Waals surface area contributed by atoms with Crippen LogP contribution in [0.15, 0.2) is 18.2 Å². The lowest BCUT2D eigenvalue weighted by molar-refractivity contribution is -0.137. The van der Waals surface area contributed by atoms with E-state index < -0.39 is 5.82 Å². The molecule has 0 radical (unpaired) electrons. The van der Waals surface area contributed by atoms with Gasteiger partial charge in [-0.05, 0) is 30.5 Å². The second kappa shape index (κ2) is 8.55. The SMILES string of the molecule is COC(=O)CS[C@H]1CCN(C(=O)CCc2ccc(Cl)c(F)c2)C1. The number of carbonyl (C=O) groups is 2. The number of thioether (sulfide) groups is 1. The van der Waals surface area contributed by atoms with Crippen LogP contribution in [0, 0.1) is 5.82 Å². The highest BCUT2D eigenvalue weighted by Crippen LogP contribution is 2.24. The number of aryl methyl sites for hydroxylation is 1. The van der Waals surface area contributed by atoms with Crippen LogP contribution in [0.25, 0.3) is 0 Å². The van der Waals surface area contributed by atoms with Crippen molar-refractivity contribution in [3.63, 3.8) is 0 Å². The van der Waals surface area contributed by atoms with E-state index in [1.165, 1.54) is 31.0 Å². The topological polar surface area (TPSA) is 46.6 Å². The van der Waals surface area contributed by atoms with E-state index >= 15 is 0 Å². The molecule has 0 saturated carbocycles. The van der Waals surface area contributed by atoms with Crippen molar-refractivity contribution in [3.8, 4) is 0 Å². The van der Waals surface area contributed by atoms with Gasteiger partial charge in [-0.3, -0.25) is 9.59 Å². The summed E-state index contributed by atoms with van der Waals surface area (Å²) >= 11 is 7.16. The van der Waals surface area contributed by atoms with Gasteiger partial charge in [0, 0.05) is 24.8 Å². The number of halogens is 2. The molecule has 1 heterocycles. The lowest BCUT2D eigenvalue weighted by Gasteiger charge is -2.16.